The molecule has 0 aliphatic heterocycles. The molecule has 1 aromatic carbocycles. The molecule has 21 heavy (non-hydrogen) atoms. The summed E-state index contributed by atoms with van der Waals surface area (Å²) in [4.78, 5) is 3.63. The lowest BCUT2D eigenvalue weighted by Crippen LogP contribution is -2.10. The van der Waals surface area contributed by atoms with E-state index in [1.54, 1.807) is 11.9 Å². The molecular formula is C16H20FN3S. The highest BCUT2D eigenvalue weighted by atomic mass is 32.2. The standard InChI is InChI=1S/C16H20FN3S/c1-11-10-18-15(17)9-14(11)19-12-6-5-7-13(8-12)20-21-16(2,3)4/h5-10,20H,1-4H3,(H,18,19). The minimum absolute atomic E-state index is 0.133. The lowest BCUT2D eigenvalue weighted by molar-refractivity contribution is 0.583. The van der Waals surface area contributed by atoms with Crippen LogP contribution in [0.3, 0.4) is 0 Å². The number of nitrogens with one attached hydrogen (secondary N) is 2. The summed E-state index contributed by atoms with van der Waals surface area (Å²) < 4.78 is 16.7. The van der Waals surface area contributed by atoms with E-state index in [2.05, 4.69) is 35.8 Å². The number of pyridine rings is 1. The second kappa shape index (κ2) is 6.35. The fourth-order valence-electron chi connectivity index (χ4n) is 1.66. The summed E-state index contributed by atoms with van der Waals surface area (Å²) in [5, 5.41) is 3.22. The Morgan fingerprint density at radius 1 is 1.14 bits per heavy atom. The van der Waals surface area contributed by atoms with Crippen molar-refractivity contribution in [3.63, 3.8) is 0 Å². The molecule has 0 saturated heterocycles. The van der Waals surface area contributed by atoms with Crippen LogP contribution in [0.2, 0.25) is 0 Å². The second-order valence-electron chi connectivity index (χ2n) is 5.84. The Kier molecular flexibility index (Phi) is 4.73. The van der Waals surface area contributed by atoms with Crippen LogP contribution in [-0.2, 0) is 0 Å². The fraction of sp³-hybridized carbons (Fsp3) is 0.312. The molecule has 1 aromatic heterocycles. The normalized spacial score (nSPS) is 11.3. The summed E-state index contributed by atoms with van der Waals surface area (Å²) in [5.74, 6) is -0.485. The highest BCUT2D eigenvalue weighted by Gasteiger charge is 2.10. The molecule has 5 heteroatoms. The molecule has 0 bridgehead atoms. The van der Waals surface area contributed by atoms with Gasteiger partial charge in [0.2, 0.25) is 5.95 Å². The summed E-state index contributed by atoms with van der Waals surface area (Å²) in [6, 6.07) is 9.31. The lowest BCUT2D eigenvalue weighted by Gasteiger charge is -2.19. The van der Waals surface area contributed by atoms with Crippen molar-refractivity contribution in [2.75, 3.05) is 10.0 Å². The molecule has 0 amide bonds. The predicted octanol–water partition coefficient (Wildman–Crippen LogP) is 5.13. The molecule has 0 atom stereocenters. The zero-order valence-corrected chi connectivity index (χ0v) is 13.5. The van der Waals surface area contributed by atoms with Gasteiger partial charge in [0.15, 0.2) is 0 Å². The van der Waals surface area contributed by atoms with Crippen molar-refractivity contribution < 1.29 is 4.39 Å². The van der Waals surface area contributed by atoms with E-state index in [-0.39, 0.29) is 4.75 Å². The quantitative estimate of drug-likeness (QED) is 0.606. The number of rotatable bonds is 4. The number of anilines is 3. The Labute approximate surface area is 129 Å². The molecule has 0 unspecified atom stereocenters. The van der Waals surface area contributed by atoms with E-state index in [0.717, 1.165) is 22.6 Å². The third kappa shape index (κ3) is 4.93. The van der Waals surface area contributed by atoms with E-state index in [1.165, 1.54) is 12.3 Å². The molecule has 3 nitrogen and oxygen atoms in total. The number of hydrogen-bond donors (Lipinski definition) is 2. The van der Waals surface area contributed by atoms with Gasteiger partial charge in [-0.05, 0) is 63.4 Å². The fourth-order valence-corrected chi connectivity index (χ4v) is 2.21. The molecule has 2 rings (SSSR count). The number of nitrogens with zero attached hydrogens (tertiary/aromatic N) is 1. The number of hydrogen-bond acceptors (Lipinski definition) is 4. The van der Waals surface area contributed by atoms with Crippen LogP contribution >= 0.6 is 11.9 Å². The first-order valence-electron chi connectivity index (χ1n) is 6.77. The second-order valence-corrected chi connectivity index (χ2v) is 7.48. The SMILES string of the molecule is Cc1cnc(F)cc1Nc1cccc(NSC(C)(C)C)c1. The van der Waals surface area contributed by atoms with Gasteiger partial charge in [-0.1, -0.05) is 6.07 Å². The van der Waals surface area contributed by atoms with Gasteiger partial charge in [0, 0.05) is 34.1 Å². The first-order chi connectivity index (χ1) is 9.83. The van der Waals surface area contributed by atoms with Crippen molar-refractivity contribution in [3.8, 4) is 0 Å². The van der Waals surface area contributed by atoms with Gasteiger partial charge in [-0.3, -0.25) is 0 Å². The van der Waals surface area contributed by atoms with Gasteiger partial charge < -0.3 is 10.0 Å². The van der Waals surface area contributed by atoms with Gasteiger partial charge in [0.25, 0.3) is 0 Å². The van der Waals surface area contributed by atoms with Crippen LogP contribution in [0, 0.1) is 12.9 Å². The molecule has 0 aliphatic carbocycles. The average molecular weight is 305 g/mol. The van der Waals surface area contributed by atoms with Crippen LogP contribution in [0.15, 0.2) is 36.5 Å². The summed E-state index contributed by atoms with van der Waals surface area (Å²) in [6.07, 6.45) is 1.52. The van der Waals surface area contributed by atoms with E-state index < -0.39 is 5.95 Å². The topological polar surface area (TPSA) is 37.0 Å². The first kappa shape index (κ1) is 15.6. The van der Waals surface area contributed by atoms with E-state index in [1.807, 2.05) is 31.2 Å². The molecule has 0 radical (unpaired) electrons. The molecule has 0 spiro atoms. The van der Waals surface area contributed by atoms with Crippen LogP contribution in [0.1, 0.15) is 26.3 Å². The van der Waals surface area contributed by atoms with Crippen molar-refractivity contribution in [1.29, 1.82) is 0 Å². The maximum Gasteiger partial charge on any atom is 0.214 e. The van der Waals surface area contributed by atoms with E-state index in [4.69, 9.17) is 0 Å². The van der Waals surface area contributed by atoms with Gasteiger partial charge >= 0.3 is 0 Å². The van der Waals surface area contributed by atoms with Crippen LogP contribution in [-0.4, -0.2) is 9.73 Å². The van der Waals surface area contributed by atoms with Crippen LogP contribution < -0.4 is 10.0 Å². The largest absolute Gasteiger partial charge is 0.355 e. The number of aromatic nitrogens is 1. The van der Waals surface area contributed by atoms with Crippen LogP contribution in [0.5, 0.6) is 0 Å². The summed E-state index contributed by atoms with van der Waals surface area (Å²) >= 11 is 1.66. The van der Waals surface area contributed by atoms with Crippen molar-refractivity contribution in [3.05, 3.63) is 48.0 Å². The van der Waals surface area contributed by atoms with Gasteiger partial charge in [-0.2, -0.15) is 4.39 Å². The van der Waals surface area contributed by atoms with Crippen molar-refractivity contribution >= 4 is 29.0 Å². The molecule has 112 valence electrons. The average Bonchev–Trinajstić information content (AvgIpc) is 2.40. The van der Waals surface area contributed by atoms with Gasteiger partial charge in [0.05, 0.1) is 0 Å². The summed E-state index contributed by atoms with van der Waals surface area (Å²) in [5.41, 5.74) is 3.54. The Bertz CT molecular complexity index is 623. The Morgan fingerprint density at radius 3 is 2.57 bits per heavy atom. The zero-order chi connectivity index (χ0) is 15.5. The number of aryl methyl sites for hydroxylation is 1. The van der Waals surface area contributed by atoms with E-state index in [9.17, 15) is 4.39 Å². The van der Waals surface area contributed by atoms with Crippen LogP contribution in [0.4, 0.5) is 21.5 Å². The highest BCUT2D eigenvalue weighted by Crippen LogP contribution is 2.28. The van der Waals surface area contributed by atoms with Crippen molar-refractivity contribution in [1.82, 2.24) is 4.98 Å². The minimum atomic E-state index is -0.485. The van der Waals surface area contributed by atoms with Crippen LogP contribution in [0.25, 0.3) is 0 Å². The number of halogens is 1. The molecular weight excluding hydrogens is 285 g/mol. The Hall–Kier alpha value is -1.75. The Morgan fingerprint density at radius 2 is 1.86 bits per heavy atom. The monoisotopic (exact) mass is 305 g/mol. The lowest BCUT2D eigenvalue weighted by atomic mass is 10.2. The third-order valence-corrected chi connectivity index (χ3v) is 3.64. The van der Waals surface area contributed by atoms with Gasteiger partial charge in [-0.25, -0.2) is 4.98 Å². The summed E-state index contributed by atoms with van der Waals surface area (Å²) in [7, 11) is 0. The smallest absolute Gasteiger partial charge is 0.214 e. The maximum atomic E-state index is 13.2. The number of benzene rings is 1. The first-order valence-corrected chi connectivity index (χ1v) is 7.58. The van der Waals surface area contributed by atoms with Crippen molar-refractivity contribution in [2.24, 2.45) is 0 Å². The molecule has 2 aromatic rings. The minimum Gasteiger partial charge on any atom is -0.355 e. The van der Waals surface area contributed by atoms with Crippen molar-refractivity contribution in [2.45, 2.75) is 32.4 Å². The molecule has 1 heterocycles. The summed E-state index contributed by atoms with van der Waals surface area (Å²) in [6.45, 7) is 8.34. The van der Waals surface area contributed by atoms with Gasteiger partial charge in [-0.15, -0.1) is 0 Å². The van der Waals surface area contributed by atoms with E-state index in [0.29, 0.717) is 0 Å². The molecule has 0 fully saturated rings. The third-order valence-electron chi connectivity index (χ3n) is 2.69. The predicted molar refractivity (Wildman–Crippen MR) is 89.6 cm³/mol. The molecule has 0 saturated carbocycles. The molecule has 2 N–H and O–H groups in total. The maximum absolute atomic E-state index is 13.2. The molecule has 0 aliphatic rings. The zero-order valence-electron chi connectivity index (χ0n) is 12.7. The van der Waals surface area contributed by atoms with E-state index >= 15 is 0 Å². The Balaban J connectivity index is 2.12. The van der Waals surface area contributed by atoms with Gasteiger partial charge in [0.1, 0.15) is 0 Å². The highest BCUT2D eigenvalue weighted by molar-refractivity contribution is 8.01.